The number of benzene rings is 1. The summed E-state index contributed by atoms with van der Waals surface area (Å²) in [5.74, 6) is -2.16. The van der Waals surface area contributed by atoms with E-state index in [-0.39, 0.29) is 12.1 Å². The fourth-order valence-corrected chi connectivity index (χ4v) is 1.63. The molecule has 0 spiro atoms. The van der Waals surface area contributed by atoms with Gasteiger partial charge in [-0.2, -0.15) is 4.39 Å². The van der Waals surface area contributed by atoms with Gasteiger partial charge in [-0.25, -0.2) is 9.37 Å². The van der Waals surface area contributed by atoms with E-state index in [0.29, 0.717) is 11.1 Å². The predicted molar refractivity (Wildman–Crippen MR) is 60.9 cm³/mol. The quantitative estimate of drug-likeness (QED) is 0.851. The summed E-state index contributed by atoms with van der Waals surface area (Å²) in [6.45, 7) is 0. The molecule has 0 atom stereocenters. The van der Waals surface area contributed by atoms with Crippen molar-refractivity contribution in [2.75, 3.05) is 0 Å². The maximum Gasteiger partial charge on any atom is 0.307 e. The summed E-state index contributed by atoms with van der Waals surface area (Å²) in [7, 11) is 0. The molecule has 1 N–H and O–H groups in total. The number of halogens is 2. The Bertz CT molecular complexity index is 582. The van der Waals surface area contributed by atoms with Crippen LogP contribution in [-0.4, -0.2) is 16.1 Å². The highest BCUT2D eigenvalue weighted by Crippen LogP contribution is 2.22. The zero-order chi connectivity index (χ0) is 13.1. The van der Waals surface area contributed by atoms with Crippen LogP contribution in [0.25, 0.3) is 11.3 Å². The van der Waals surface area contributed by atoms with Crippen LogP contribution >= 0.6 is 0 Å². The van der Waals surface area contributed by atoms with E-state index < -0.39 is 17.7 Å². The Morgan fingerprint density at radius 3 is 2.39 bits per heavy atom. The van der Waals surface area contributed by atoms with Crippen molar-refractivity contribution in [3.05, 3.63) is 53.7 Å². The molecule has 0 aliphatic carbocycles. The van der Waals surface area contributed by atoms with Gasteiger partial charge in [-0.15, -0.1) is 0 Å². The number of carbonyl (C=O) groups is 1. The van der Waals surface area contributed by atoms with Crippen LogP contribution in [0.4, 0.5) is 8.78 Å². The SMILES string of the molecule is O=C(O)Cc1ccc(F)nc1-c1ccc(F)cc1. The lowest BCUT2D eigenvalue weighted by Gasteiger charge is -2.07. The number of rotatable bonds is 3. The highest BCUT2D eigenvalue weighted by Gasteiger charge is 2.11. The highest BCUT2D eigenvalue weighted by atomic mass is 19.1. The van der Waals surface area contributed by atoms with Crippen LogP contribution in [0.15, 0.2) is 36.4 Å². The second kappa shape index (κ2) is 4.91. The largest absolute Gasteiger partial charge is 0.481 e. The van der Waals surface area contributed by atoms with Gasteiger partial charge in [0, 0.05) is 5.56 Å². The second-order valence-electron chi connectivity index (χ2n) is 3.72. The van der Waals surface area contributed by atoms with Gasteiger partial charge < -0.3 is 5.11 Å². The van der Waals surface area contributed by atoms with E-state index in [2.05, 4.69) is 4.98 Å². The maximum atomic E-state index is 13.1. The standard InChI is InChI=1S/C13H9F2NO2/c14-10-4-1-8(2-5-10)13-9(7-12(17)18)3-6-11(15)16-13/h1-6H,7H2,(H,17,18). The van der Waals surface area contributed by atoms with E-state index in [1.54, 1.807) is 0 Å². The number of carboxylic acid groups (broad SMARTS) is 1. The molecule has 3 nitrogen and oxygen atoms in total. The molecule has 0 saturated heterocycles. The summed E-state index contributed by atoms with van der Waals surface area (Å²) >= 11 is 0. The molecule has 0 bridgehead atoms. The first kappa shape index (κ1) is 12.2. The Kier molecular flexibility index (Phi) is 3.32. The maximum absolute atomic E-state index is 13.1. The van der Waals surface area contributed by atoms with Crippen molar-refractivity contribution >= 4 is 5.97 Å². The molecule has 0 aliphatic rings. The number of carboxylic acids is 1. The van der Waals surface area contributed by atoms with Crippen LogP contribution in [0.1, 0.15) is 5.56 Å². The topological polar surface area (TPSA) is 50.2 Å². The fraction of sp³-hybridized carbons (Fsp3) is 0.0769. The van der Waals surface area contributed by atoms with Gasteiger partial charge in [0.15, 0.2) is 0 Å². The Labute approximate surface area is 102 Å². The molecule has 0 amide bonds. The van der Waals surface area contributed by atoms with E-state index in [4.69, 9.17) is 5.11 Å². The third-order valence-electron chi connectivity index (χ3n) is 2.40. The molecule has 1 aromatic heterocycles. The summed E-state index contributed by atoms with van der Waals surface area (Å²) < 4.78 is 25.9. The van der Waals surface area contributed by atoms with Crippen LogP contribution in [0, 0.1) is 11.8 Å². The molecule has 2 rings (SSSR count). The number of nitrogens with zero attached hydrogens (tertiary/aromatic N) is 1. The van der Waals surface area contributed by atoms with Gasteiger partial charge in [0.25, 0.3) is 0 Å². The van der Waals surface area contributed by atoms with Crippen molar-refractivity contribution in [2.45, 2.75) is 6.42 Å². The molecule has 1 heterocycles. The van der Waals surface area contributed by atoms with Gasteiger partial charge in [0.1, 0.15) is 5.82 Å². The monoisotopic (exact) mass is 249 g/mol. The highest BCUT2D eigenvalue weighted by molar-refractivity contribution is 5.74. The first-order valence-electron chi connectivity index (χ1n) is 5.19. The summed E-state index contributed by atoms with van der Waals surface area (Å²) in [6.07, 6.45) is -0.264. The molecule has 18 heavy (non-hydrogen) atoms. The molecule has 0 fully saturated rings. The van der Waals surface area contributed by atoms with E-state index in [1.165, 1.54) is 30.3 Å². The van der Waals surface area contributed by atoms with Crippen LogP contribution < -0.4 is 0 Å². The van der Waals surface area contributed by atoms with Crippen LogP contribution in [0.2, 0.25) is 0 Å². The van der Waals surface area contributed by atoms with Gasteiger partial charge in [-0.1, -0.05) is 6.07 Å². The van der Waals surface area contributed by atoms with E-state index in [9.17, 15) is 13.6 Å². The van der Waals surface area contributed by atoms with Gasteiger partial charge in [-0.05, 0) is 35.9 Å². The first-order valence-corrected chi connectivity index (χ1v) is 5.19. The van der Waals surface area contributed by atoms with Crippen LogP contribution in [0.5, 0.6) is 0 Å². The number of aliphatic carboxylic acids is 1. The number of hydrogen-bond donors (Lipinski definition) is 1. The molecule has 0 saturated carbocycles. The zero-order valence-corrected chi connectivity index (χ0v) is 9.23. The number of hydrogen-bond acceptors (Lipinski definition) is 2. The third kappa shape index (κ3) is 2.68. The Morgan fingerprint density at radius 2 is 1.78 bits per heavy atom. The summed E-state index contributed by atoms with van der Waals surface area (Å²) in [4.78, 5) is 14.4. The zero-order valence-electron chi connectivity index (χ0n) is 9.23. The van der Waals surface area contributed by atoms with Crippen molar-refractivity contribution in [3.8, 4) is 11.3 Å². The van der Waals surface area contributed by atoms with Crippen LogP contribution in [0.3, 0.4) is 0 Å². The van der Waals surface area contributed by atoms with Crippen molar-refractivity contribution in [1.82, 2.24) is 4.98 Å². The molecule has 1 aromatic carbocycles. The van der Waals surface area contributed by atoms with Gasteiger partial charge in [0.05, 0.1) is 12.1 Å². The average molecular weight is 249 g/mol. The number of pyridine rings is 1. The van der Waals surface area contributed by atoms with Crippen molar-refractivity contribution in [1.29, 1.82) is 0 Å². The summed E-state index contributed by atoms with van der Waals surface area (Å²) in [6, 6.07) is 7.77. The Hall–Kier alpha value is -2.30. The van der Waals surface area contributed by atoms with Gasteiger partial charge in [0.2, 0.25) is 5.95 Å². The molecule has 5 heteroatoms. The lowest BCUT2D eigenvalue weighted by molar-refractivity contribution is -0.136. The number of aromatic nitrogens is 1. The van der Waals surface area contributed by atoms with E-state index in [0.717, 1.165) is 6.07 Å². The molecule has 0 radical (unpaired) electrons. The normalized spacial score (nSPS) is 10.3. The fourth-order valence-electron chi connectivity index (χ4n) is 1.63. The second-order valence-corrected chi connectivity index (χ2v) is 3.72. The first-order chi connectivity index (χ1) is 8.56. The molecular weight excluding hydrogens is 240 g/mol. The minimum absolute atomic E-state index is 0.220. The lowest BCUT2D eigenvalue weighted by atomic mass is 10.0. The van der Waals surface area contributed by atoms with Crippen molar-refractivity contribution < 1.29 is 18.7 Å². The molecule has 92 valence electrons. The molecule has 0 aliphatic heterocycles. The summed E-state index contributed by atoms with van der Waals surface area (Å²) in [5.41, 5.74) is 1.08. The smallest absolute Gasteiger partial charge is 0.307 e. The minimum Gasteiger partial charge on any atom is -0.481 e. The third-order valence-corrected chi connectivity index (χ3v) is 2.40. The minimum atomic E-state index is -1.04. The lowest BCUT2D eigenvalue weighted by Crippen LogP contribution is -2.04. The van der Waals surface area contributed by atoms with Crippen molar-refractivity contribution in [2.24, 2.45) is 0 Å². The van der Waals surface area contributed by atoms with Crippen molar-refractivity contribution in [3.63, 3.8) is 0 Å². The predicted octanol–water partition coefficient (Wildman–Crippen LogP) is 2.65. The molecular formula is C13H9F2NO2. The van der Waals surface area contributed by atoms with Crippen LogP contribution in [-0.2, 0) is 11.2 Å². The average Bonchev–Trinajstić information content (AvgIpc) is 2.32. The van der Waals surface area contributed by atoms with E-state index in [1.807, 2.05) is 0 Å². The molecule has 2 aromatic rings. The van der Waals surface area contributed by atoms with Gasteiger partial charge in [-0.3, -0.25) is 4.79 Å². The van der Waals surface area contributed by atoms with E-state index >= 15 is 0 Å². The summed E-state index contributed by atoms with van der Waals surface area (Å²) in [5, 5.41) is 8.77. The Morgan fingerprint density at radius 1 is 1.11 bits per heavy atom. The Balaban J connectivity index is 2.50. The molecule has 0 unspecified atom stereocenters. The van der Waals surface area contributed by atoms with Gasteiger partial charge >= 0.3 is 5.97 Å².